The molecule has 1 aromatic carbocycles. The van der Waals surface area contributed by atoms with Crippen LogP contribution in [0.2, 0.25) is 0 Å². The molecule has 0 aliphatic heterocycles. The van der Waals surface area contributed by atoms with Crippen molar-refractivity contribution < 1.29 is 18.3 Å². The van der Waals surface area contributed by atoms with E-state index < -0.39 is 6.61 Å². The molecule has 0 bridgehead atoms. The van der Waals surface area contributed by atoms with Gasteiger partial charge in [0, 0.05) is 6.54 Å². The summed E-state index contributed by atoms with van der Waals surface area (Å²) in [5.41, 5.74) is 0.959. The number of halogens is 2. The van der Waals surface area contributed by atoms with Crippen LogP contribution in [0, 0.1) is 0 Å². The molecule has 0 fully saturated rings. The lowest BCUT2D eigenvalue weighted by molar-refractivity contribution is -0.0512. The molecule has 0 atom stereocenters. The van der Waals surface area contributed by atoms with Crippen molar-refractivity contribution in [2.75, 3.05) is 13.7 Å². The van der Waals surface area contributed by atoms with Crippen molar-refractivity contribution in [2.24, 2.45) is 0 Å². The third kappa shape index (κ3) is 3.66. The van der Waals surface area contributed by atoms with Crippen molar-refractivity contribution in [3.8, 4) is 11.5 Å². The van der Waals surface area contributed by atoms with Gasteiger partial charge in [-0.3, -0.25) is 0 Å². The smallest absolute Gasteiger partial charge is 0.387 e. The SMILES string of the molecule is CCNCc1ccc(OC(F)F)c(OC)c1. The summed E-state index contributed by atoms with van der Waals surface area (Å²) in [6, 6.07) is 4.89. The molecule has 1 aromatic rings. The van der Waals surface area contributed by atoms with E-state index in [-0.39, 0.29) is 5.75 Å². The Hall–Kier alpha value is -1.36. The minimum Gasteiger partial charge on any atom is -0.493 e. The van der Waals surface area contributed by atoms with Gasteiger partial charge in [-0.2, -0.15) is 8.78 Å². The molecule has 0 amide bonds. The summed E-state index contributed by atoms with van der Waals surface area (Å²) < 4.78 is 33.4. The second-order valence-electron chi connectivity index (χ2n) is 3.14. The highest BCUT2D eigenvalue weighted by atomic mass is 19.3. The standard InChI is InChI=1S/C11H15F2NO2/c1-3-14-7-8-4-5-9(16-11(12)13)10(6-8)15-2/h4-6,11,14H,3,7H2,1-2H3. The molecule has 0 radical (unpaired) electrons. The molecule has 16 heavy (non-hydrogen) atoms. The van der Waals surface area contributed by atoms with Crippen molar-refractivity contribution in [1.82, 2.24) is 5.32 Å². The van der Waals surface area contributed by atoms with Gasteiger partial charge >= 0.3 is 6.61 Å². The Morgan fingerprint density at radius 3 is 2.62 bits per heavy atom. The first-order chi connectivity index (χ1) is 7.67. The fraction of sp³-hybridized carbons (Fsp3) is 0.455. The van der Waals surface area contributed by atoms with Crippen LogP contribution in [0.3, 0.4) is 0 Å². The summed E-state index contributed by atoms with van der Waals surface area (Å²) in [5, 5.41) is 3.13. The fourth-order valence-electron chi connectivity index (χ4n) is 1.28. The van der Waals surface area contributed by atoms with Gasteiger partial charge in [-0.1, -0.05) is 13.0 Å². The Labute approximate surface area is 93.4 Å². The van der Waals surface area contributed by atoms with Crippen molar-refractivity contribution in [1.29, 1.82) is 0 Å². The summed E-state index contributed by atoms with van der Waals surface area (Å²) in [6.07, 6.45) is 0. The molecular weight excluding hydrogens is 216 g/mol. The third-order valence-corrected chi connectivity index (χ3v) is 2.02. The average Bonchev–Trinajstić information content (AvgIpc) is 2.27. The first kappa shape index (κ1) is 12.7. The lowest BCUT2D eigenvalue weighted by Gasteiger charge is -2.11. The topological polar surface area (TPSA) is 30.5 Å². The summed E-state index contributed by atoms with van der Waals surface area (Å²) in [4.78, 5) is 0. The zero-order valence-electron chi connectivity index (χ0n) is 9.30. The second-order valence-corrected chi connectivity index (χ2v) is 3.14. The second kappa shape index (κ2) is 6.27. The molecule has 0 unspecified atom stereocenters. The van der Waals surface area contributed by atoms with Gasteiger partial charge in [0.25, 0.3) is 0 Å². The Morgan fingerprint density at radius 2 is 2.06 bits per heavy atom. The molecule has 0 heterocycles. The van der Waals surface area contributed by atoms with Crippen LogP contribution in [-0.4, -0.2) is 20.3 Å². The molecule has 0 aromatic heterocycles. The molecule has 1 rings (SSSR count). The predicted molar refractivity (Wildman–Crippen MR) is 57.0 cm³/mol. The van der Waals surface area contributed by atoms with Crippen LogP contribution in [0.1, 0.15) is 12.5 Å². The van der Waals surface area contributed by atoms with Crippen LogP contribution in [-0.2, 0) is 6.54 Å². The predicted octanol–water partition coefficient (Wildman–Crippen LogP) is 2.41. The third-order valence-electron chi connectivity index (χ3n) is 2.02. The van der Waals surface area contributed by atoms with Gasteiger partial charge in [0.05, 0.1) is 7.11 Å². The highest BCUT2D eigenvalue weighted by molar-refractivity contribution is 5.42. The van der Waals surface area contributed by atoms with E-state index in [1.54, 1.807) is 12.1 Å². The fourth-order valence-corrected chi connectivity index (χ4v) is 1.28. The summed E-state index contributed by atoms with van der Waals surface area (Å²) in [7, 11) is 1.42. The Balaban J connectivity index is 2.79. The number of ether oxygens (including phenoxy) is 2. The van der Waals surface area contributed by atoms with E-state index in [2.05, 4.69) is 10.1 Å². The van der Waals surface area contributed by atoms with Gasteiger partial charge in [-0.15, -0.1) is 0 Å². The van der Waals surface area contributed by atoms with Crippen molar-refractivity contribution >= 4 is 0 Å². The molecule has 3 nitrogen and oxygen atoms in total. The van der Waals surface area contributed by atoms with E-state index in [1.807, 2.05) is 6.92 Å². The normalized spacial score (nSPS) is 10.6. The number of hydrogen-bond acceptors (Lipinski definition) is 3. The van der Waals surface area contributed by atoms with E-state index in [4.69, 9.17) is 4.74 Å². The van der Waals surface area contributed by atoms with Crippen LogP contribution >= 0.6 is 0 Å². The lowest BCUT2D eigenvalue weighted by Crippen LogP contribution is -2.12. The Bertz CT molecular complexity index is 332. The number of alkyl halides is 2. The average molecular weight is 231 g/mol. The molecule has 0 spiro atoms. The maximum absolute atomic E-state index is 12.0. The van der Waals surface area contributed by atoms with Gasteiger partial charge in [0.15, 0.2) is 11.5 Å². The van der Waals surface area contributed by atoms with Gasteiger partial charge in [0.1, 0.15) is 0 Å². The van der Waals surface area contributed by atoms with Crippen LogP contribution < -0.4 is 14.8 Å². The van der Waals surface area contributed by atoms with Gasteiger partial charge in [-0.05, 0) is 24.2 Å². The number of benzene rings is 1. The highest BCUT2D eigenvalue weighted by Crippen LogP contribution is 2.29. The van der Waals surface area contributed by atoms with E-state index in [0.717, 1.165) is 12.1 Å². The first-order valence-electron chi connectivity index (χ1n) is 4.99. The summed E-state index contributed by atoms with van der Waals surface area (Å²) >= 11 is 0. The minimum absolute atomic E-state index is 0.0535. The molecule has 1 N–H and O–H groups in total. The molecule has 5 heteroatoms. The number of methoxy groups -OCH3 is 1. The maximum Gasteiger partial charge on any atom is 0.387 e. The van der Waals surface area contributed by atoms with Crippen LogP contribution in [0.4, 0.5) is 8.78 Å². The number of rotatable bonds is 6. The zero-order valence-corrected chi connectivity index (χ0v) is 9.30. The minimum atomic E-state index is -2.84. The van der Waals surface area contributed by atoms with E-state index in [1.165, 1.54) is 13.2 Å². The Morgan fingerprint density at radius 1 is 1.31 bits per heavy atom. The van der Waals surface area contributed by atoms with Gasteiger partial charge in [0.2, 0.25) is 0 Å². The molecular formula is C11H15F2NO2. The molecule has 0 aliphatic carbocycles. The van der Waals surface area contributed by atoms with Crippen LogP contribution in [0.5, 0.6) is 11.5 Å². The van der Waals surface area contributed by atoms with Crippen LogP contribution in [0.25, 0.3) is 0 Å². The van der Waals surface area contributed by atoms with E-state index in [9.17, 15) is 8.78 Å². The summed E-state index contributed by atoms with van der Waals surface area (Å²) in [6.45, 7) is 0.666. The largest absolute Gasteiger partial charge is 0.493 e. The Kier molecular flexibility index (Phi) is 4.98. The molecule has 0 aliphatic rings. The molecule has 90 valence electrons. The van der Waals surface area contributed by atoms with Gasteiger partial charge < -0.3 is 14.8 Å². The van der Waals surface area contributed by atoms with Gasteiger partial charge in [-0.25, -0.2) is 0 Å². The summed E-state index contributed by atoms with van der Waals surface area (Å²) in [5.74, 6) is 0.369. The number of hydrogen-bond donors (Lipinski definition) is 1. The lowest BCUT2D eigenvalue weighted by atomic mass is 10.2. The van der Waals surface area contributed by atoms with Crippen molar-refractivity contribution in [2.45, 2.75) is 20.1 Å². The van der Waals surface area contributed by atoms with Crippen molar-refractivity contribution in [3.63, 3.8) is 0 Å². The number of nitrogens with one attached hydrogen (secondary N) is 1. The van der Waals surface area contributed by atoms with E-state index >= 15 is 0 Å². The van der Waals surface area contributed by atoms with E-state index in [0.29, 0.717) is 12.3 Å². The molecule has 0 saturated heterocycles. The highest BCUT2D eigenvalue weighted by Gasteiger charge is 2.10. The zero-order chi connectivity index (χ0) is 12.0. The monoisotopic (exact) mass is 231 g/mol. The molecule has 0 saturated carbocycles. The first-order valence-corrected chi connectivity index (χ1v) is 4.99. The van der Waals surface area contributed by atoms with Crippen molar-refractivity contribution in [3.05, 3.63) is 23.8 Å². The quantitative estimate of drug-likeness (QED) is 0.815. The maximum atomic E-state index is 12.0. The van der Waals surface area contributed by atoms with Crippen LogP contribution in [0.15, 0.2) is 18.2 Å².